The number of nitrogens with zero attached hydrogens (tertiary/aromatic N) is 5. The van der Waals surface area contributed by atoms with Gasteiger partial charge in [-0.05, 0) is 50.6 Å². The van der Waals surface area contributed by atoms with Crippen molar-refractivity contribution in [2.75, 3.05) is 37.7 Å². The molecule has 0 radical (unpaired) electrons. The molecule has 0 N–H and O–H groups in total. The minimum absolute atomic E-state index is 0.113. The number of anilines is 1. The van der Waals surface area contributed by atoms with Crippen LogP contribution in [0.25, 0.3) is 0 Å². The van der Waals surface area contributed by atoms with Crippen LogP contribution >= 0.6 is 0 Å². The molecule has 2 saturated heterocycles. The maximum atomic E-state index is 6.30. The highest BCUT2D eigenvalue weighted by Gasteiger charge is 2.41. The van der Waals surface area contributed by atoms with Gasteiger partial charge in [0.2, 0.25) is 0 Å². The second-order valence-electron chi connectivity index (χ2n) is 7.12. The van der Waals surface area contributed by atoms with Crippen LogP contribution in [-0.2, 0) is 11.3 Å². The molecule has 1 atom stereocenters. The Hall–Kier alpha value is -2.05. The number of ether oxygens (including phenoxy) is 1. The lowest BCUT2D eigenvalue weighted by Gasteiger charge is -2.48. The number of aryl methyl sites for hydroxylation is 1. The Balaban J connectivity index is 1.45. The van der Waals surface area contributed by atoms with E-state index in [-0.39, 0.29) is 5.60 Å². The van der Waals surface area contributed by atoms with Crippen LogP contribution in [0.3, 0.4) is 0 Å². The van der Waals surface area contributed by atoms with Crippen LogP contribution in [0.15, 0.2) is 36.5 Å². The summed E-state index contributed by atoms with van der Waals surface area (Å²) in [5.74, 6) is 0.954. The van der Waals surface area contributed by atoms with E-state index in [4.69, 9.17) is 4.74 Å². The first kappa shape index (κ1) is 16.4. The van der Waals surface area contributed by atoms with Crippen molar-refractivity contribution >= 4 is 5.82 Å². The number of likely N-dealkylation sites (tertiary alicyclic amines) is 1. The lowest BCUT2D eigenvalue weighted by atomic mass is 9.90. The second-order valence-corrected chi connectivity index (χ2v) is 7.12. The summed E-state index contributed by atoms with van der Waals surface area (Å²) in [5.41, 5.74) is 1.96. The Morgan fingerprint density at radius 1 is 1.12 bits per heavy atom. The van der Waals surface area contributed by atoms with Crippen molar-refractivity contribution in [2.45, 2.75) is 31.9 Å². The number of pyridine rings is 1. The van der Waals surface area contributed by atoms with Crippen molar-refractivity contribution in [3.05, 3.63) is 47.9 Å². The summed E-state index contributed by atoms with van der Waals surface area (Å²) in [6.07, 6.45) is 4.12. The molecule has 6 heteroatoms. The molecule has 0 aliphatic carbocycles. The van der Waals surface area contributed by atoms with Gasteiger partial charge >= 0.3 is 0 Å². The van der Waals surface area contributed by atoms with E-state index < -0.39 is 0 Å². The standard InChI is InChI=1S/C19H25N5O/c1-16-6-7-18(22-21-16)24-11-12-25-19(15-24)8-4-10-23(14-19)13-17-5-2-3-9-20-17/h2-3,5-7,9H,4,8,10-15H2,1H3/t19-/m1/s1. The maximum absolute atomic E-state index is 6.30. The van der Waals surface area contributed by atoms with Gasteiger partial charge in [-0.15, -0.1) is 5.10 Å². The quantitative estimate of drug-likeness (QED) is 0.853. The van der Waals surface area contributed by atoms with Crippen molar-refractivity contribution < 1.29 is 4.74 Å². The zero-order valence-electron chi connectivity index (χ0n) is 14.8. The third-order valence-electron chi connectivity index (χ3n) is 5.09. The molecule has 132 valence electrons. The van der Waals surface area contributed by atoms with Crippen molar-refractivity contribution in [3.63, 3.8) is 0 Å². The van der Waals surface area contributed by atoms with Crippen molar-refractivity contribution in [1.29, 1.82) is 0 Å². The summed E-state index contributed by atoms with van der Waals surface area (Å²) in [5, 5.41) is 8.57. The molecule has 1 spiro atoms. The highest BCUT2D eigenvalue weighted by atomic mass is 16.5. The van der Waals surface area contributed by atoms with E-state index >= 15 is 0 Å². The maximum Gasteiger partial charge on any atom is 0.151 e. The highest BCUT2D eigenvalue weighted by Crippen LogP contribution is 2.31. The molecule has 0 amide bonds. The SMILES string of the molecule is Cc1ccc(N2CCO[C@@]3(CCCN(Cc4ccccn4)C3)C2)nn1. The fraction of sp³-hybridized carbons (Fsp3) is 0.526. The molecule has 0 bridgehead atoms. The van der Waals surface area contributed by atoms with Gasteiger partial charge in [-0.1, -0.05) is 6.07 Å². The first-order valence-electron chi connectivity index (χ1n) is 9.04. The summed E-state index contributed by atoms with van der Waals surface area (Å²) in [6.45, 7) is 7.39. The zero-order valence-corrected chi connectivity index (χ0v) is 14.8. The Labute approximate surface area is 148 Å². The average Bonchev–Trinajstić information content (AvgIpc) is 2.63. The predicted octanol–water partition coefficient (Wildman–Crippen LogP) is 2.05. The van der Waals surface area contributed by atoms with Gasteiger partial charge in [0.15, 0.2) is 5.82 Å². The first-order chi connectivity index (χ1) is 12.2. The van der Waals surface area contributed by atoms with Gasteiger partial charge in [-0.2, -0.15) is 5.10 Å². The third-order valence-corrected chi connectivity index (χ3v) is 5.09. The van der Waals surface area contributed by atoms with Crippen LogP contribution < -0.4 is 4.90 Å². The van der Waals surface area contributed by atoms with Gasteiger partial charge in [-0.25, -0.2) is 0 Å². The number of hydrogen-bond donors (Lipinski definition) is 0. The Bertz CT molecular complexity index is 689. The molecule has 4 rings (SSSR count). The smallest absolute Gasteiger partial charge is 0.151 e. The Morgan fingerprint density at radius 3 is 2.88 bits per heavy atom. The van der Waals surface area contributed by atoms with E-state index in [1.165, 1.54) is 0 Å². The average molecular weight is 339 g/mol. The minimum atomic E-state index is -0.113. The lowest BCUT2D eigenvalue weighted by molar-refractivity contribution is -0.0988. The molecule has 4 heterocycles. The molecule has 0 saturated carbocycles. The zero-order chi connectivity index (χ0) is 17.1. The summed E-state index contributed by atoms with van der Waals surface area (Å²) in [7, 11) is 0. The van der Waals surface area contributed by atoms with E-state index in [1.807, 2.05) is 25.3 Å². The largest absolute Gasteiger partial charge is 0.370 e. The summed E-state index contributed by atoms with van der Waals surface area (Å²) in [4.78, 5) is 9.25. The van der Waals surface area contributed by atoms with Gasteiger partial charge in [-0.3, -0.25) is 9.88 Å². The van der Waals surface area contributed by atoms with Crippen LogP contribution in [0.4, 0.5) is 5.82 Å². The molecule has 2 aliphatic rings. The molecule has 2 fully saturated rings. The van der Waals surface area contributed by atoms with Gasteiger partial charge in [0.1, 0.15) is 0 Å². The predicted molar refractivity (Wildman–Crippen MR) is 96.4 cm³/mol. The van der Waals surface area contributed by atoms with Crippen molar-refractivity contribution in [1.82, 2.24) is 20.1 Å². The molecule has 25 heavy (non-hydrogen) atoms. The van der Waals surface area contributed by atoms with Crippen LogP contribution in [-0.4, -0.2) is 58.5 Å². The van der Waals surface area contributed by atoms with E-state index in [9.17, 15) is 0 Å². The summed E-state index contributed by atoms with van der Waals surface area (Å²) >= 11 is 0. The lowest BCUT2D eigenvalue weighted by Crippen LogP contribution is -2.59. The van der Waals surface area contributed by atoms with E-state index in [0.29, 0.717) is 0 Å². The summed E-state index contributed by atoms with van der Waals surface area (Å²) < 4.78 is 6.30. The number of morpholine rings is 1. The normalized spacial score (nSPS) is 24.6. The molecule has 0 unspecified atom stereocenters. The molecule has 0 aromatic carbocycles. The molecule has 2 aromatic rings. The fourth-order valence-electron chi connectivity index (χ4n) is 3.89. The topological polar surface area (TPSA) is 54.4 Å². The van der Waals surface area contributed by atoms with Gasteiger partial charge < -0.3 is 9.64 Å². The monoisotopic (exact) mass is 339 g/mol. The van der Waals surface area contributed by atoms with Crippen LogP contribution in [0.2, 0.25) is 0 Å². The molecule has 2 aliphatic heterocycles. The number of hydrogen-bond acceptors (Lipinski definition) is 6. The molecular formula is C19H25N5O. The molecule has 2 aromatic heterocycles. The minimum Gasteiger partial charge on any atom is -0.370 e. The van der Waals surface area contributed by atoms with Gasteiger partial charge in [0, 0.05) is 32.4 Å². The molecular weight excluding hydrogens is 314 g/mol. The van der Waals surface area contributed by atoms with Crippen molar-refractivity contribution in [3.8, 4) is 0 Å². The second kappa shape index (κ2) is 7.06. The van der Waals surface area contributed by atoms with E-state index in [2.05, 4.69) is 43.2 Å². The van der Waals surface area contributed by atoms with Crippen LogP contribution in [0, 0.1) is 6.92 Å². The Kier molecular flexibility index (Phi) is 4.63. The third kappa shape index (κ3) is 3.80. The van der Waals surface area contributed by atoms with Crippen molar-refractivity contribution in [2.24, 2.45) is 0 Å². The van der Waals surface area contributed by atoms with Crippen LogP contribution in [0.5, 0.6) is 0 Å². The van der Waals surface area contributed by atoms with E-state index in [0.717, 1.165) is 69.4 Å². The van der Waals surface area contributed by atoms with E-state index in [1.54, 1.807) is 0 Å². The van der Waals surface area contributed by atoms with Gasteiger partial charge in [0.25, 0.3) is 0 Å². The number of rotatable bonds is 3. The highest BCUT2D eigenvalue weighted by molar-refractivity contribution is 5.38. The summed E-state index contributed by atoms with van der Waals surface area (Å²) in [6, 6.07) is 10.2. The molecule has 6 nitrogen and oxygen atoms in total. The Morgan fingerprint density at radius 2 is 2.08 bits per heavy atom. The number of piperidine rings is 1. The van der Waals surface area contributed by atoms with Gasteiger partial charge in [0.05, 0.1) is 23.6 Å². The fourth-order valence-corrected chi connectivity index (χ4v) is 3.89. The number of aromatic nitrogens is 3. The first-order valence-corrected chi connectivity index (χ1v) is 9.04. The van der Waals surface area contributed by atoms with Crippen LogP contribution in [0.1, 0.15) is 24.2 Å².